The van der Waals surface area contributed by atoms with Crippen LogP contribution in [0.2, 0.25) is 10.2 Å². The fourth-order valence-electron chi connectivity index (χ4n) is 1.38. The largest absolute Gasteiger partial charge is 0.491 e. The lowest BCUT2D eigenvalue weighted by atomic mass is 10.1. The zero-order valence-corrected chi connectivity index (χ0v) is 10.3. The summed E-state index contributed by atoms with van der Waals surface area (Å²) in [7, 11) is 1.46. The minimum atomic E-state index is -0.491. The predicted octanol–water partition coefficient (Wildman–Crippen LogP) is 3.60. The Morgan fingerprint density at radius 3 is 2.65 bits per heavy atom. The summed E-state index contributed by atoms with van der Waals surface area (Å²) < 4.78 is 18.2. The highest BCUT2D eigenvalue weighted by Crippen LogP contribution is 2.33. The van der Waals surface area contributed by atoms with E-state index in [2.05, 4.69) is 9.97 Å². The summed E-state index contributed by atoms with van der Waals surface area (Å²) in [5.41, 5.74) is 1.08. The molecule has 0 radical (unpaired) electrons. The van der Waals surface area contributed by atoms with Gasteiger partial charge in [-0.3, -0.25) is 0 Å². The van der Waals surface area contributed by atoms with Crippen LogP contribution in [0.3, 0.4) is 0 Å². The maximum atomic E-state index is 13.1. The fraction of sp³-hybridized carbons (Fsp3) is 0.0909. The summed E-state index contributed by atoms with van der Waals surface area (Å²) in [6, 6.07) is 4.26. The van der Waals surface area contributed by atoms with E-state index in [1.165, 1.54) is 25.6 Å². The molecule has 0 saturated carbocycles. The third kappa shape index (κ3) is 2.33. The highest BCUT2D eigenvalue weighted by molar-refractivity contribution is 6.31. The average molecular weight is 273 g/mol. The standard InChI is InChI=1S/C11H7Cl2FN2O/c1-17-10-9(15-5-16-11(10)13)6-2-3-8(14)7(12)4-6/h2-5H,1H3. The molecule has 1 aromatic carbocycles. The quantitative estimate of drug-likeness (QED) is 0.784. The van der Waals surface area contributed by atoms with Crippen LogP contribution in [0.25, 0.3) is 11.3 Å². The van der Waals surface area contributed by atoms with Crippen LogP contribution in [-0.2, 0) is 0 Å². The van der Waals surface area contributed by atoms with Crippen LogP contribution in [0.5, 0.6) is 5.75 Å². The molecule has 1 aromatic heterocycles. The molecule has 0 saturated heterocycles. The molecule has 0 aliphatic heterocycles. The van der Waals surface area contributed by atoms with Crippen molar-refractivity contribution in [2.24, 2.45) is 0 Å². The van der Waals surface area contributed by atoms with E-state index >= 15 is 0 Å². The Morgan fingerprint density at radius 1 is 1.24 bits per heavy atom. The molecule has 0 N–H and O–H groups in total. The van der Waals surface area contributed by atoms with Crippen molar-refractivity contribution in [3.63, 3.8) is 0 Å². The second-order valence-electron chi connectivity index (χ2n) is 3.18. The molecule has 1 heterocycles. The summed E-state index contributed by atoms with van der Waals surface area (Å²) in [6.45, 7) is 0. The van der Waals surface area contributed by atoms with Crippen molar-refractivity contribution >= 4 is 23.2 Å². The van der Waals surface area contributed by atoms with E-state index in [1.807, 2.05) is 0 Å². The Bertz CT molecular complexity index is 563. The van der Waals surface area contributed by atoms with Crippen molar-refractivity contribution in [3.05, 3.63) is 40.5 Å². The van der Waals surface area contributed by atoms with Crippen molar-refractivity contribution in [3.8, 4) is 17.0 Å². The van der Waals surface area contributed by atoms with Gasteiger partial charge in [0.2, 0.25) is 0 Å². The van der Waals surface area contributed by atoms with Crippen molar-refractivity contribution in [2.75, 3.05) is 7.11 Å². The second-order valence-corrected chi connectivity index (χ2v) is 3.94. The Labute approximate surface area is 107 Å². The molecule has 0 unspecified atom stereocenters. The molecule has 0 bridgehead atoms. The number of ether oxygens (including phenoxy) is 1. The zero-order valence-electron chi connectivity index (χ0n) is 8.75. The molecule has 0 aliphatic rings. The second kappa shape index (κ2) is 4.85. The highest BCUT2D eigenvalue weighted by atomic mass is 35.5. The van der Waals surface area contributed by atoms with Crippen molar-refractivity contribution in [1.82, 2.24) is 9.97 Å². The minimum absolute atomic E-state index is 0.0132. The zero-order chi connectivity index (χ0) is 12.4. The lowest BCUT2D eigenvalue weighted by molar-refractivity contribution is 0.413. The van der Waals surface area contributed by atoms with Crippen LogP contribution >= 0.6 is 23.2 Å². The number of aromatic nitrogens is 2. The number of nitrogens with zero attached hydrogens (tertiary/aromatic N) is 2. The third-order valence-corrected chi connectivity index (χ3v) is 2.72. The molecule has 0 aliphatic carbocycles. The lowest BCUT2D eigenvalue weighted by Gasteiger charge is -2.08. The van der Waals surface area contributed by atoms with E-state index in [-0.39, 0.29) is 10.2 Å². The lowest BCUT2D eigenvalue weighted by Crippen LogP contribution is -1.94. The molecule has 0 spiro atoms. The fourth-order valence-corrected chi connectivity index (χ4v) is 1.77. The van der Waals surface area contributed by atoms with E-state index < -0.39 is 5.82 Å². The first kappa shape index (κ1) is 12.1. The smallest absolute Gasteiger partial charge is 0.182 e. The summed E-state index contributed by atoms with van der Waals surface area (Å²) in [5, 5.41) is 0.206. The van der Waals surface area contributed by atoms with Gasteiger partial charge in [-0.15, -0.1) is 0 Å². The van der Waals surface area contributed by atoms with Crippen LogP contribution in [0.15, 0.2) is 24.5 Å². The van der Waals surface area contributed by atoms with E-state index in [4.69, 9.17) is 27.9 Å². The average Bonchev–Trinajstić information content (AvgIpc) is 2.32. The van der Waals surface area contributed by atoms with E-state index in [9.17, 15) is 4.39 Å². The molecular weight excluding hydrogens is 266 g/mol. The molecule has 2 aromatic rings. The van der Waals surface area contributed by atoms with Gasteiger partial charge in [-0.2, -0.15) is 0 Å². The normalized spacial score (nSPS) is 10.4. The summed E-state index contributed by atoms with van der Waals surface area (Å²) in [6.07, 6.45) is 1.30. The number of hydrogen-bond donors (Lipinski definition) is 0. The van der Waals surface area contributed by atoms with Gasteiger partial charge in [0.25, 0.3) is 0 Å². The van der Waals surface area contributed by atoms with E-state index in [0.717, 1.165) is 0 Å². The maximum absolute atomic E-state index is 13.1. The van der Waals surface area contributed by atoms with Gasteiger partial charge < -0.3 is 4.74 Å². The van der Waals surface area contributed by atoms with Gasteiger partial charge in [0.1, 0.15) is 17.8 Å². The predicted molar refractivity (Wildman–Crippen MR) is 64.0 cm³/mol. The molecule has 88 valence electrons. The van der Waals surface area contributed by atoms with Crippen molar-refractivity contribution < 1.29 is 9.13 Å². The first-order chi connectivity index (χ1) is 8.13. The van der Waals surface area contributed by atoms with Crippen molar-refractivity contribution in [2.45, 2.75) is 0 Å². The third-order valence-electron chi connectivity index (χ3n) is 2.16. The van der Waals surface area contributed by atoms with Gasteiger partial charge in [-0.05, 0) is 18.2 Å². The molecule has 17 heavy (non-hydrogen) atoms. The number of benzene rings is 1. The molecule has 0 amide bonds. The molecular formula is C11H7Cl2FN2O. The molecule has 0 atom stereocenters. The number of halogens is 3. The van der Waals surface area contributed by atoms with E-state index in [0.29, 0.717) is 17.0 Å². The monoisotopic (exact) mass is 272 g/mol. The van der Waals surface area contributed by atoms with Gasteiger partial charge in [0.05, 0.1) is 12.1 Å². The SMILES string of the molecule is COc1c(Cl)ncnc1-c1ccc(F)c(Cl)c1. The van der Waals surface area contributed by atoms with E-state index in [1.54, 1.807) is 6.07 Å². The summed E-state index contributed by atoms with van der Waals surface area (Å²) in [4.78, 5) is 7.85. The molecule has 0 fully saturated rings. The van der Waals surface area contributed by atoms with Crippen LogP contribution in [0, 0.1) is 5.82 Å². The van der Waals surface area contributed by atoms with Gasteiger partial charge in [-0.25, -0.2) is 14.4 Å². The number of hydrogen-bond acceptors (Lipinski definition) is 3. The Hall–Kier alpha value is -1.39. The highest BCUT2D eigenvalue weighted by Gasteiger charge is 2.13. The Balaban J connectivity index is 2.60. The minimum Gasteiger partial charge on any atom is -0.491 e. The van der Waals surface area contributed by atoms with Gasteiger partial charge >= 0.3 is 0 Å². The molecule has 2 rings (SSSR count). The summed E-state index contributed by atoms with van der Waals surface area (Å²) in [5.74, 6) is -0.161. The van der Waals surface area contributed by atoms with Crippen LogP contribution in [-0.4, -0.2) is 17.1 Å². The Morgan fingerprint density at radius 2 is 2.00 bits per heavy atom. The first-order valence-corrected chi connectivity index (χ1v) is 5.39. The van der Waals surface area contributed by atoms with Gasteiger partial charge in [0, 0.05) is 5.56 Å². The van der Waals surface area contributed by atoms with Crippen LogP contribution < -0.4 is 4.74 Å². The van der Waals surface area contributed by atoms with Gasteiger partial charge in [0.15, 0.2) is 10.9 Å². The number of rotatable bonds is 2. The van der Waals surface area contributed by atoms with Crippen LogP contribution in [0.1, 0.15) is 0 Å². The van der Waals surface area contributed by atoms with Crippen molar-refractivity contribution in [1.29, 1.82) is 0 Å². The number of methoxy groups -OCH3 is 1. The topological polar surface area (TPSA) is 35.0 Å². The molecule has 6 heteroatoms. The first-order valence-electron chi connectivity index (χ1n) is 4.63. The van der Waals surface area contributed by atoms with Gasteiger partial charge in [-0.1, -0.05) is 23.2 Å². The van der Waals surface area contributed by atoms with Crippen LogP contribution in [0.4, 0.5) is 4.39 Å². The molecule has 3 nitrogen and oxygen atoms in total. The Kier molecular flexibility index (Phi) is 3.45. The maximum Gasteiger partial charge on any atom is 0.182 e. The summed E-state index contributed by atoms with van der Waals surface area (Å²) >= 11 is 11.6.